The maximum atomic E-state index is 11.0. The molecule has 0 fully saturated rings. The lowest BCUT2D eigenvalue weighted by Gasteiger charge is -2.30. The van der Waals surface area contributed by atoms with Gasteiger partial charge in [0.15, 0.2) is 0 Å². The number of hydrogen-bond donors (Lipinski definition) is 1. The van der Waals surface area contributed by atoms with Crippen molar-refractivity contribution in [1.82, 2.24) is 0 Å². The number of benzene rings is 1. The summed E-state index contributed by atoms with van der Waals surface area (Å²) in [6.45, 7) is 6.53. The number of carboxylic acids is 1. The molecule has 0 bridgehead atoms. The minimum Gasteiger partial charge on any atom is -0.478 e. The van der Waals surface area contributed by atoms with Crippen LogP contribution in [0.5, 0.6) is 0 Å². The van der Waals surface area contributed by atoms with Gasteiger partial charge in [-0.2, -0.15) is 0 Å². The van der Waals surface area contributed by atoms with Crippen LogP contribution in [0.2, 0.25) is 28.2 Å². The first kappa shape index (κ1) is 15.5. The molecule has 0 saturated heterocycles. The van der Waals surface area contributed by atoms with Crippen LogP contribution in [0.15, 0.2) is 12.1 Å². The van der Waals surface area contributed by atoms with Crippen LogP contribution in [-0.2, 0) is 0 Å². The summed E-state index contributed by atoms with van der Waals surface area (Å²) < 4.78 is 0. The van der Waals surface area contributed by atoms with Crippen molar-refractivity contribution in [1.29, 1.82) is 0 Å². The second kappa shape index (κ2) is 6.09. The number of hydrogen-bond acceptors (Lipinski definition) is 1. The summed E-state index contributed by atoms with van der Waals surface area (Å²) in [5.41, 5.74) is 0.0802. The topological polar surface area (TPSA) is 37.3 Å². The average Bonchev–Trinajstić information content (AvgIpc) is 2.36. The third-order valence-electron chi connectivity index (χ3n) is 3.91. The van der Waals surface area contributed by atoms with Gasteiger partial charge in [-0.15, -0.1) is 0 Å². The van der Waals surface area contributed by atoms with E-state index in [1.807, 2.05) is 6.07 Å². The van der Waals surface area contributed by atoms with Gasteiger partial charge in [0, 0.05) is 0 Å². The van der Waals surface area contributed by atoms with Gasteiger partial charge in [0.05, 0.1) is 23.7 Å². The second-order valence-corrected chi connectivity index (χ2v) is 10.4. The van der Waals surface area contributed by atoms with Crippen molar-refractivity contribution in [2.45, 2.75) is 38.9 Å². The normalized spacial score (nSPS) is 11.6. The van der Waals surface area contributed by atoms with Crippen LogP contribution in [0.25, 0.3) is 0 Å². The molecule has 0 aliphatic rings. The van der Waals surface area contributed by atoms with Crippen molar-refractivity contribution in [2.75, 3.05) is 0 Å². The predicted octanol–water partition coefficient (Wildman–Crippen LogP) is 4.41. The molecule has 1 rings (SSSR count). The fraction of sp³-hybridized carbons (Fsp3) is 0.462. The Hall–Kier alpha value is -0.513. The van der Waals surface area contributed by atoms with E-state index in [9.17, 15) is 4.79 Å². The zero-order valence-corrected chi connectivity index (χ0v) is 13.4. The summed E-state index contributed by atoms with van der Waals surface area (Å²) >= 11 is 12.4. The zero-order chi connectivity index (χ0) is 13.9. The summed E-state index contributed by atoms with van der Waals surface area (Å²) in [5.74, 6) is -1.04. The van der Waals surface area contributed by atoms with Gasteiger partial charge in [0.1, 0.15) is 0 Å². The SMILES string of the molecule is CC[Si](CC)(CC)c1ccc(C(=O)O)c(Cl)c1Cl. The van der Waals surface area contributed by atoms with Crippen LogP contribution < -0.4 is 5.19 Å². The summed E-state index contributed by atoms with van der Waals surface area (Å²) in [7, 11) is -1.64. The van der Waals surface area contributed by atoms with Crippen molar-refractivity contribution in [3.05, 3.63) is 27.7 Å². The lowest BCUT2D eigenvalue weighted by atomic mass is 10.2. The molecule has 0 radical (unpaired) electrons. The molecule has 1 aromatic carbocycles. The molecule has 0 heterocycles. The molecule has 0 atom stereocenters. The molecule has 0 saturated carbocycles. The van der Waals surface area contributed by atoms with Crippen molar-refractivity contribution in [2.24, 2.45) is 0 Å². The molecule has 1 aromatic rings. The van der Waals surface area contributed by atoms with Crippen LogP contribution in [0.1, 0.15) is 31.1 Å². The van der Waals surface area contributed by atoms with Gasteiger partial charge >= 0.3 is 5.97 Å². The van der Waals surface area contributed by atoms with E-state index in [1.54, 1.807) is 6.07 Å². The standard InChI is InChI=1S/C13H18Cl2O2Si/c1-4-18(5-2,6-3)10-8-7-9(13(16)17)11(14)12(10)15/h7-8H,4-6H2,1-3H3,(H,16,17). The van der Waals surface area contributed by atoms with Crippen molar-refractivity contribution in [3.63, 3.8) is 0 Å². The lowest BCUT2D eigenvalue weighted by molar-refractivity contribution is 0.0697. The molecule has 18 heavy (non-hydrogen) atoms. The van der Waals surface area contributed by atoms with Gasteiger partial charge in [-0.05, 0) is 11.3 Å². The van der Waals surface area contributed by atoms with Crippen LogP contribution in [-0.4, -0.2) is 19.1 Å². The Balaban J connectivity index is 3.44. The number of rotatable bonds is 5. The molecule has 0 aliphatic heterocycles. The molecule has 2 nitrogen and oxygen atoms in total. The van der Waals surface area contributed by atoms with E-state index in [0.29, 0.717) is 5.02 Å². The lowest BCUT2D eigenvalue weighted by Crippen LogP contribution is -2.46. The number of aromatic carboxylic acids is 1. The van der Waals surface area contributed by atoms with Crippen molar-refractivity contribution >= 4 is 42.4 Å². The number of halogens is 2. The highest BCUT2D eigenvalue weighted by Crippen LogP contribution is 2.30. The molecular weight excluding hydrogens is 287 g/mol. The minimum absolute atomic E-state index is 0.0802. The Kier molecular flexibility index (Phi) is 5.26. The van der Waals surface area contributed by atoms with Gasteiger partial charge in [-0.25, -0.2) is 4.79 Å². The van der Waals surface area contributed by atoms with E-state index in [0.717, 1.165) is 23.3 Å². The van der Waals surface area contributed by atoms with Gasteiger partial charge < -0.3 is 5.11 Å². The number of carbonyl (C=O) groups is 1. The molecule has 0 aliphatic carbocycles. The average molecular weight is 305 g/mol. The maximum absolute atomic E-state index is 11.0. The Labute approximate surface area is 119 Å². The van der Waals surface area contributed by atoms with Crippen molar-refractivity contribution < 1.29 is 9.90 Å². The Morgan fingerprint density at radius 1 is 1.11 bits per heavy atom. The van der Waals surface area contributed by atoms with E-state index in [2.05, 4.69) is 20.8 Å². The Morgan fingerprint density at radius 3 is 2.00 bits per heavy atom. The van der Waals surface area contributed by atoms with E-state index < -0.39 is 14.0 Å². The van der Waals surface area contributed by atoms with Gasteiger partial charge in [0.2, 0.25) is 0 Å². The fourth-order valence-corrected chi connectivity index (χ4v) is 7.21. The van der Waals surface area contributed by atoms with Gasteiger partial charge in [-0.3, -0.25) is 0 Å². The minimum atomic E-state index is -1.64. The van der Waals surface area contributed by atoms with Crippen LogP contribution in [0, 0.1) is 0 Å². The monoisotopic (exact) mass is 304 g/mol. The van der Waals surface area contributed by atoms with E-state index in [4.69, 9.17) is 28.3 Å². The highest BCUT2D eigenvalue weighted by Gasteiger charge is 2.32. The molecular formula is C13H18Cl2O2Si. The van der Waals surface area contributed by atoms with Crippen LogP contribution >= 0.6 is 23.2 Å². The fourth-order valence-electron chi connectivity index (χ4n) is 2.45. The summed E-state index contributed by atoms with van der Waals surface area (Å²) in [5, 5.41) is 10.7. The van der Waals surface area contributed by atoms with Crippen molar-refractivity contribution in [3.8, 4) is 0 Å². The molecule has 100 valence electrons. The highest BCUT2D eigenvalue weighted by molar-refractivity contribution is 6.93. The first-order valence-electron chi connectivity index (χ1n) is 6.15. The van der Waals surface area contributed by atoms with Crippen LogP contribution in [0.3, 0.4) is 0 Å². The van der Waals surface area contributed by atoms with E-state index >= 15 is 0 Å². The molecule has 5 heteroatoms. The molecule has 0 amide bonds. The first-order valence-corrected chi connectivity index (χ1v) is 9.53. The Morgan fingerprint density at radius 2 is 1.61 bits per heavy atom. The summed E-state index contributed by atoms with van der Waals surface area (Å²) in [4.78, 5) is 11.0. The quantitative estimate of drug-likeness (QED) is 0.818. The molecule has 0 spiro atoms. The third kappa shape index (κ3) is 2.58. The second-order valence-electron chi connectivity index (χ2n) is 4.43. The smallest absolute Gasteiger partial charge is 0.337 e. The van der Waals surface area contributed by atoms with Gasteiger partial charge in [0.25, 0.3) is 0 Å². The maximum Gasteiger partial charge on any atom is 0.337 e. The zero-order valence-electron chi connectivity index (χ0n) is 10.9. The van der Waals surface area contributed by atoms with E-state index in [-0.39, 0.29) is 10.6 Å². The van der Waals surface area contributed by atoms with Gasteiger partial charge in [-0.1, -0.05) is 68.2 Å². The molecule has 0 aromatic heterocycles. The largest absolute Gasteiger partial charge is 0.478 e. The highest BCUT2D eigenvalue weighted by atomic mass is 35.5. The molecule has 1 N–H and O–H groups in total. The predicted molar refractivity (Wildman–Crippen MR) is 80.3 cm³/mol. The van der Waals surface area contributed by atoms with Crippen LogP contribution in [0.4, 0.5) is 0 Å². The molecule has 0 unspecified atom stereocenters. The third-order valence-corrected chi connectivity index (χ3v) is 10.6. The summed E-state index contributed by atoms with van der Waals surface area (Å²) in [6, 6.07) is 6.70. The Bertz CT molecular complexity index is 448. The number of carboxylic acid groups (broad SMARTS) is 1. The summed E-state index contributed by atoms with van der Waals surface area (Å²) in [6.07, 6.45) is 0. The van der Waals surface area contributed by atoms with E-state index in [1.165, 1.54) is 0 Å². The first-order chi connectivity index (χ1) is 8.43.